The van der Waals surface area contributed by atoms with Crippen molar-refractivity contribution in [1.82, 2.24) is 5.32 Å². The second kappa shape index (κ2) is 7.82. The van der Waals surface area contributed by atoms with Gasteiger partial charge in [0.25, 0.3) is 5.91 Å². The van der Waals surface area contributed by atoms with Gasteiger partial charge in [-0.25, -0.2) is 0 Å². The lowest BCUT2D eigenvalue weighted by Crippen LogP contribution is -2.38. The van der Waals surface area contributed by atoms with E-state index in [4.69, 9.17) is 4.74 Å². The molecule has 0 aliphatic carbocycles. The van der Waals surface area contributed by atoms with Gasteiger partial charge in [-0.1, -0.05) is 43.3 Å². The number of carbonyl (C=O) groups is 1. The Kier molecular flexibility index (Phi) is 5.80. The van der Waals surface area contributed by atoms with E-state index in [-0.39, 0.29) is 11.8 Å². The van der Waals surface area contributed by atoms with Crippen LogP contribution in [0, 0.1) is 13.8 Å². The van der Waals surface area contributed by atoms with Crippen molar-refractivity contribution >= 4 is 5.91 Å². The molecule has 0 spiro atoms. The molecule has 0 bridgehead atoms. The number of hydrogen-bond donors (Lipinski definition) is 1. The first-order valence-electron chi connectivity index (χ1n) is 8.03. The maximum atomic E-state index is 12.2. The molecule has 23 heavy (non-hydrogen) atoms. The Balaban J connectivity index is 1.87. The predicted molar refractivity (Wildman–Crippen MR) is 93.9 cm³/mol. The Morgan fingerprint density at radius 2 is 1.65 bits per heavy atom. The maximum absolute atomic E-state index is 12.2. The topological polar surface area (TPSA) is 38.3 Å². The minimum Gasteiger partial charge on any atom is -0.481 e. The summed E-state index contributed by atoms with van der Waals surface area (Å²) in [5.74, 6) is 0.918. The fraction of sp³-hybridized carbons (Fsp3) is 0.350. The smallest absolute Gasteiger partial charge is 0.260 e. The van der Waals surface area contributed by atoms with Gasteiger partial charge in [-0.2, -0.15) is 0 Å². The number of amides is 1. The van der Waals surface area contributed by atoms with Crippen LogP contribution in [-0.2, 0) is 4.79 Å². The average Bonchev–Trinajstić information content (AvgIpc) is 2.52. The average molecular weight is 311 g/mol. The van der Waals surface area contributed by atoms with E-state index in [2.05, 4.69) is 30.4 Å². The van der Waals surface area contributed by atoms with Crippen LogP contribution in [0.15, 0.2) is 48.5 Å². The summed E-state index contributed by atoms with van der Waals surface area (Å²) in [5.41, 5.74) is 3.48. The van der Waals surface area contributed by atoms with Crippen LogP contribution < -0.4 is 10.1 Å². The molecule has 2 aromatic rings. The lowest BCUT2D eigenvalue weighted by molar-refractivity contribution is -0.127. The zero-order valence-electron chi connectivity index (χ0n) is 14.3. The fourth-order valence-electron chi connectivity index (χ4n) is 2.56. The molecule has 0 unspecified atom stereocenters. The van der Waals surface area contributed by atoms with Gasteiger partial charge < -0.3 is 10.1 Å². The predicted octanol–water partition coefficient (Wildman–Crippen LogP) is 3.99. The Bertz CT molecular complexity index is 632. The van der Waals surface area contributed by atoms with E-state index in [1.165, 1.54) is 5.56 Å². The molecule has 0 saturated carbocycles. The Labute approximate surface area is 138 Å². The van der Waals surface area contributed by atoms with Crippen molar-refractivity contribution in [3.8, 4) is 5.75 Å². The summed E-state index contributed by atoms with van der Waals surface area (Å²) in [7, 11) is 0. The first kappa shape index (κ1) is 17.1. The number of ether oxygens (including phenoxy) is 1. The van der Waals surface area contributed by atoms with Crippen LogP contribution in [0.1, 0.15) is 36.5 Å². The van der Waals surface area contributed by atoms with Gasteiger partial charge in [0.05, 0.1) is 0 Å². The van der Waals surface area contributed by atoms with Crippen molar-refractivity contribution in [2.24, 2.45) is 0 Å². The van der Waals surface area contributed by atoms with Gasteiger partial charge in [-0.3, -0.25) is 4.79 Å². The normalized spacial score (nSPS) is 13.2. The molecule has 0 heterocycles. The molecular weight excluding hydrogens is 286 g/mol. The molecule has 122 valence electrons. The molecule has 2 atom stereocenters. The molecule has 3 nitrogen and oxygen atoms in total. The van der Waals surface area contributed by atoms with Crippen LogP contribution >= 0.6 is 0 Å². The number of rotatable bonds is 6. The summed E-state index contributed by atoms with van der Waals surface area (Å²) < 4.78 is 5.76. The molecule has 0 aliphatic rings. The van der Waals surface area contributed by atoms with Crippen molar-refractivity contribution in [3.63, 3.8) is 0 Å². The molecule has 0 fully saturated rings. The van der Waals surface area contributed by atoms with E-state index < -0.39 is 6.10 Å². The summed E-state index contributed by atoms with van der Waals surface area (Å²) in [4.78, 5) is 12.2. The number of nitrogens with one attached hydrogen (secondary N) is 1. The Hall–Kier alpha value is -2.29. The van der Waals surface area contributed by atoms with E-state index in [1.54, 1.807) is 6.92 Å². The van der Waals surface area contributed by atoms with Crippen molar-refractivity contribution in [2.75, 3.05) is 6.54 Å². The highest BCUT2D eigenvalue weighted by Crippen LogP contribution is 2.18. The maximum Gasteiger partial charge on any atom is 0.260 e. The quantitative estimate of drug-likeness (QED) is 0.876. The molecule has 2 aromatic carbocycles. The third-order valence-corrected chi connectivity index (χ3v) is 3.83. The summed E-state index contributed by atoms with van der Waals surface area (Å²) in [6.45, 7) is 8.52. The largest absolute Gasteiger partial charge is 0.481 e. The van der Waals surface area contributed by atoms with E-state index in [0.717, 1.165) is 16.9 Å². The van der Waals surface area contributed by atoms with E-state index in [9.17, 15) is 4.79 Å². The monoisotopic (exact) mass is 311 g/mol. The molecule has 1 N–H and O–H groups in total. The van der Waals surface area contributed by atoms with Gasteiger partial charge in [0.1, 0.15) is 5.75 Å². The van der Waals surface area contributed by atoms with E-state index in [0.29, 0.717) is 6.54 Å². The highest BCUT2D eigenvalue weighted by molar-refractivity contribution is 5.80. The number of carbonyl (C=O) groups excluding carboxylic acids is 1. The second-order valence-corrected chi connectivity index (χ2v) is 6.14. The van der Waals surface area contributed by atoms with Gasteiger partial charge in [-0.05, 0) is 55.5 Å². The Morgan fingerprint density at radius 1 is 1.04 bits per heavy atom. The van der Waals surface area contributed by atoms with Crippen molar-refractivity contribution in [1.29, 1.82) is 0 Å². The SMILES string of the molecule is Cc1cc(C)cc(O[C@@H](C)C(=O)NC[C@@H](C)c2ccccc2)c1. The molecule has 0 saturated heterocycles. The Morgan fingerprint density at radius 3 is 2.26 bits per heavy atom. The van der Waals surface area contributed by atoms with Crippen LogP contribution in [0.2, 0.25) is 0 Å². The standard InChI is InChI=1S/C20H25NO2/c1-14-10-15(2)12-19(11-14)23-17(4)20(22)21-13-16(3)18-8-6-5-7-9-18/h5-12,16-17H,13H2,1-4H3,(H,21,22)/t16-,17+/m1/s1. The fourth-order valence-corrected chi connectivity index (χ4v) is 2.56. The van der Waals surface area contributed by atoms with Gasteiger partial charge in [0.2, 0.25) is 0 Å². The van der Waals surface area contributed by atoms with Gasteiger partial charge in [0, 0.05) is 6.54 Å². The summed E-state index contributed by atoms with van der Waals surface area (Å²) in [6, 6.07) is 16.2. The van der Waals surface area contributed by atoms with Crippen LogP contribution in [0.3, 0.4) is 0 Å². The molecular formula is C20H25NO2. The van der Waals surface area contributed by atoms with E-state index >= 15 is 0 Å². The highest BCUT2D eigenvalue weighted by Gasteiger charge is 2.16. The number of hydrogen-bond acceptors (Lipinski definition) is 2. The van der Waals surface area contributed by atoms with Crippen molar-refractivity contribution in [3.05, 3.63) is 65.2 Å². The van der Waals surface area contributed by atoms with Crippen molar-refractivity contribution in [2.45, 2.75) is 39.7 Å². The molecule has 0 radical (unpaired) electrons. The first-order valence-corrected chi connectivity index (χ1v) is 8.03. The molecule has 1 amide bonds. The minimum atomic E-state index is -0.515. The number of aryl methyl sites for hydroxylation is 2. The summed E-state index contributed by atoms with van der Waals surface area (Å²) in [6.07, 6.45) is -0.515. The summed E-state index contributed by atoms with van der Waals surface area (Å²) in [5, 5.41) is 2.97. The lowest BCUT2D eigenvalue weighted by atomic mass is 10.0. The highest BCUT2D eigenvalue weighted by atomic mass is 16.5. The van der Waals surface area contributed by atoms with Gasteiger partial charge >= 0.3 is 0 Å². The first-order chi connectivity index (χ1) is 11.0. The van der Waals surface area contributed by atoms with Gasteiger partial charge in [0.15, 0.2) is 6.10 Å². The zero-order valence-corrected chi connectivity index (χ0v) is 14.3. The third kappa shape index (κ3) is 5.13. The summed E-state index contributed by atoms with van der Waals surface area (Å²) >= 11 is 0. The zero-order chi connectivity index (χ0) is 16.8. The van der Waals surface area contributed by atoms with Gasteiger partial charge in [-0.15, -0.1) is 0 Å². The second-order valence-electron chi connectivity index (χ2n) is 6.14. The van der Waals surface area contributed by atoms with Crippen molar-refractivity contribution < 1.29 is 9.53 Å². The van der Waals surface area contributed by atoms with E-state index in [1.807, 2.05) is 44.2 Å². The number of benzene rings is 2. The van der Waals surface area contributed by atoms with Crippen LogP contribution in [0.25, 0.3) is 0 Å². The molecule has 0 aromatic heterocycles. The molecule has 3 heteroatoms. The lowest BCUT2D eigenvalue weighted by Gasteiger charge is -2.18. The minimum absolute atomic E-state index is 0.0908. The van der Waals surface area contributed by atoms with Crippen LogP contribution in [-0.4, -0.2) is 18.6 Å². The molecule has 2 rings (SSSR count). The van der Waals surface area contributed by atoms with Crippen LogP contribution in [0.5, 0.6) is 5.75 Å². The third-order valence-electron chi connectivity index (χ3n) is 3.83. The van der Waals surface area contributed by atoms with Crippen LogP contribution in [0.4, 0.5) is 0 Å². The molecule has 0 aliphatic heterocycles.